The van der Waals surface area contributed by atoms with E-state index in [4.69, 9.17) is 14.2 Å². The number of nitrogens with one attached hydrogen (secondary N) is 1. The van der Waals surface area contributed by atoms with E-state index in [1.54, 1.807) is 19.9 Å². The largest absolute Gasteiger partial charge is 0.466 e. The lowest BCUT2D eigenvalue weighted by Crippen LogP contribution is -2.37. The number of carbonyl (C=O) groups excluding carboxylic acids is 3. The minimum atomic E-state index is -1.35. The Balaban J connectivity index is 2.39. The van der Waals surface area contributed by atoms with Gasteiger partial charge in [0.1, 0.15) is 18.3 Å². The summed E-state index contributed by atoms with van der Waals surface area (Å²) >= 11 is 0. The Morgan fingerprint density at radius 2 is 1.52 bits per heavy atom. The van der Waals surface area contributed by atoms with E-state index in [-0.39, 0.29) is 23.3 Å². The van der Waals surface area contributed by atoms with Gasteiger partial charge in [0.15, 0.2) is 0 Å². The number of halogens is 1. The van der Waals surface area contributed by atoms with Crippen LogP contribution in [0.5, 0.6) is 0 Å². The zero-order valence-electron chi connectivity index (χ0n) is 15.4. The number of rotatable bonds is 5. The summed E-state index contributed by atoms with van der Waals surface area (Å²) in [7, 11) is 2.32. The Morgan fingerprint density at radius 1 is 1.00 bits per heavy atom. The fourth-order valence-electron chi connectivity index (χ4n) is 2.84. The summed E-state index contributed by atoms with van der Waals surface area (Å²) in [5.41, 5.74) is 0.726. The number of methoxy groups -OCH3 is 2. The molecule has 0 unspecified atom stereocenters. The average Bonchev–Trinajstić information content (AvgIpc) is 2.65. The van der Waals surface area contributed by atoms with Crippen LogP contribution in [-0.4, -0.2) is 32.1 Å². The predicted molar refractivity (Wildman–Crippen MR) is 92.3 cm³/mol. The van der Waals surface area contributed by atoms with Crippen LogP contribution in [0.1, 0.15) is 19.4 Å². The molecule has 1 heterocycles. The summed E-state index contributed by atoms with van der Waals surface area (Å²) < 4.78 is 28.4. The van der Waals surface area contributed by atoms with Crippen LogP contribution in [-0.2, 0) is 35.2 Å². The van der Waals surface area contributed by atoms with Crippen molar-refractivity contribution in [1.82, 2.24) is 5.32 Å². The molecule has 1 N–H and O–H groups in total. The second-order valence-electron chi connectivity index (χ2n) is 5.82. The Morgan fingerprint density at radius 3 is 2.00 bits per heavy atom. The van der Waals surface area contributed by atoms with E-state index in [0.29, 0.717) is 11.4 Å². The maximum absolute atomic E-state index is 13.8. The first-order valence-electron chi connectivity index (χ1n) is 8.07. The van der Waals surface area contributed by atoms with Gasteiger partial charge < -0.3 is 19.5 Å². The number of allylic oxidation sites excluding steroid dienone is 2. The van der Waals surface area contributed by atoms with Crippen LogP contribution in [0.4, 0.5) is 4.39 Å². The Hall–Kier alpha value is -3.16. The van der Waals surface area contributed by atoms with Crippen LogP contribution in [0.3, 0.4) is 0 Å². The van der Waals surface area contributed by atoms with E-state index >= 15 is 0 Å². The molecule has 0 saturated carbocycles. The third-order valence-electron chi connectivity index (χ3n) is 4.13. The number of benzene rings is 1. The van der Waals surface area contributed by atoms with Crippen LogP contribution in [0, 0.1) is 11.7 Å². The zero-order chi connectivity index (χ0) is 20.1. The number of ether oxygens (including phenoxy) is 3. The molecular formula is C19H20FNO6. The van der Waals surface area contributed by atoms with Crippen molar-refractivity contribution in [3.63, 3.8) is 0 Å². The quantitative estimate of drug-likeness (QED) is 0.620. The first-order valence-corrected chi connectivity index (χ1v) is 8.07. The second kappa shape index (κ2) is 8.48. The van der Waals surface area contributed by atoms with Crippen LogP contribution in [0.2, 0.25) is 0 Å². The molecule has 0 aliphatic carbocycles. The summed E-state index contributed by atoms with van der Waals surface area (Å²) in [5.74, 6) is -4.35. The number of dihydropyridines is 1. The maximum Gasteiger partial charge on any atom is 0.336 e. The molecule has 144 valence electrons. The molecule has 0 atom stereocenters. The fourth-order valence-corrected chi connectivity index (χ4v) is 2.84. The molecule has 2 rings (SSSR count). The topological polar surface area (TPSA) is 90.9 Å². The molecule has 27 heavy (non-hydrogen) atoms. The molecule has 1 aromatic carbocycles. The molecule has 7 nitrogen and oxygen atoms in total. The minimum absolute atomic E-state index is 0.0676. The van der Waals surface area contributed by atoms with Crippen LogP contribution in [0.15, 0.2) is 46.8 Å². The van der Waals surface area contributed by atoms with Gasteiger partial charge in [-0.25, -0.2) is 14.0 Å². The molecule has 0 fully saturated rings. The summed E-state index contributed by atoms with van der Waals surface area (Å²) in [6.45, 7) is 2.79. The van der Waals surface area contributed by atoms with Gasteiger partial charge in [0.25, 0.3) is 0 Å². The highest BCUT2D eigenvalue weighted by Gasteiger charge is 2.42. The van der Waals surface area contributed by atoms with Crippen LogP contribution in [0.25, 0.3) is 0 Å². The highest BCUT2D eigenvalue weighted by molar-refractivity contribution is 6.05. The van der Waals surface area contributed by atoms with Crippen molar-refractivity contribution in [2.45, 2.75) is 20.5 Å². The van der Waals surface area contributed by atoms with E-state index < -0.39 is 29.6 Å². The van der Waals surface area contributed by atoms with Crippen LogP contribution >= 0.6 is 0 Å². The molecule has 1 aliphatic rings. The van der Waals surface area contributed by atoms with Gasteiger partial charge in [-0.2, -0.15) is 0 Å². The third kappa shape index (κ3) is 4.16. The lowest BCUT2D eigenvalue weighted by Gasteiger charge is -2.28. The molecule has 0 radical (unpaired) electrons. The number of esters is 3. The standard InChI is InChI=1S/C19H20FNO6/c1-10-14(17(22)25-3)16(15(11(2)21-10)18(23)26-4)19(24)27-9-12-7-5-6-8-13(12)20/h5-8,16,21H,9H2,1-4H3. The number of hydrogen-bond acceptors (Lipinski definition) is 7. The van der Waals surface area contributed by atoms with Crippen molar-refractivity contribution < 1.29 is 33.0 Å². The summed E-state index contributed by atoms with van der Waals surface area (Å²) in [6.07, 6.45) is 0. The molecule has 8 heteroatoms. The molecule has 0 amide bonds. The van der Waals surface area contributed by atoms with Crippen molar-refractivity contribution in [1.29, 1.82) is 0 Å². The summed E-state index contributed by atoms with van der Waals surface area (Å²) in [6, 6.07) is 5.82. The molecule has 1 aliphatic heterocycles. The zero-order valence-corrected chi connectivity index (χ0v) is 15.4. The average molecular weight is 377 g/mol. The van der Waals surface area contributed by atoms with E-state index in [1.165, 1.54) is 18.2 Å². The molecule has 1 aromatic rings. The Bertz CT molecular complexity index is 804. The minimum Gasteiger partial charge on any atom is -0.466 e. The van der Waals surface area contributed by atoms with Gasteiger partial charge in [0, 0.05) is 17.0 Å². The van der Waals surface area contributed by atoms with Crippen molar-refractivity contribution in [2.24, 2.45) is 5.92 Å². The molecule has 0 aromatic heterocycles. The van der Waals surface area contributed by atoms with Crippen molar-refractivity contribution in [3.05, 3.63) is 58.2 Å². The van der Waals surface area contributed by atoms with E-state index in [2.05, 4.69) is 5.32 Å². The van der Waals surface area contributed by atoms with E-state index in [0.717, 1.165) is 14.2 Å². The van der Waals surface area contributed by atoms with Gasteiger partial charge in [0.05, 0.1) is 25.4 Å². The smallest absolute Gasteiger partial charge is 0.336 e. The fraction of sp³-hybridized carbons (Fsp3) is 0.316. The predicted octanol–water partition coefficient (Wildman–Crippen LogP) is 1.98. The van der Waals surface area contributed by atoms with Gasteiger partial charge in [-0.1, -0.05) is 18.2 Å². The lowest BCUT2D eigenvalue weighted by atomic mass is 9.85. The van der Waals surface area contributed by atoms with E-state index in [1.807, 2.05) is 0 Å². The lowest BCUT2D eigenvalue weighted by molar-refractivity contribution is -0.152. The van der Waals surface area contributed by atoms with Gasteiger partial charge in [0.2, 0.25) is 0 Å². The van der Waals surface area contributed by atoms with Crippen molar-refractivity contribution >= 4 is 17.9 Å². The van der Waals surface area contributed by atoms with Gasteiger partial charge in [-0.15, -0.1) is 0 Å². The van der Waals surface area contributed by atoms with Gasteiger partial charge >= 0.3 is 17.9 Å². The molecule has 0 spiro atoms. The summed E-state index contributed by atoms with van der Waals surface area (Å²) in [4.78, 5) is 37.2. The molecule has 0 bridgehead atoms. The Labute approximate surface area is 155 Å². The molecule has 0 saturated heterocycles. The first kappa shape index (κ1) is 20.2. The third-order valence-corrected chi connectivity index (χ3v) is 4.13. The second-order valence-corrected chi connectivity index (χ2v) is 5.82. The highest BCUT2D eigenvalue weighted by atomic mass is 19.1. The van der Waals surface area contributed by atoms with Gasteiger partial charge in [-0.05, 0) is 19.9 Å². The van der Waals surface area contributed by atoms with Gasteiger partial charge in [-0.3, -0.25) is 4.79 Å². The maximum atomic E-state index is 13.8. The van der Waals surface area contributed by atoms with Crippen molar-refractivity contribution in [3.8, 4) is 0 Å². The number of carbonyl (C=O) groups is 3. The number of hydrogen-bond donors (Lipinski definition) is 1. The van der Waals surface area contributed by atoms with E-state index in [9.17, 15) is 18.8 Å². The SMILES string of the molecule is COC(=O)C1=C(C)NC(C)=C(C(=O)OC)C1C(=O)OCc1ccccc1F. The summed E-state index contributed by atoms with van der Waals surface area (Å²) in [5, 5.41) is 2.87. The first-order chi connectivity index (χ1) is 12.8. The van der Waals surface area contributed by atoms with Crippen molar-refractivity contribution in [2.75, 3.05) is 14.2 Å². The van der Waals surface area contributed by atoms with Crippen LogP contribution < -0.4 is 5.32 Å². The molecular weight excluding hydrogens is 357 g/mol. The monoisotopic (exact) mass is 377 g/mol. The Kier molecular flexibility index (Phi) is 6.33. The highest BCUT2D eigenvalue weighted by Crippen LogP contribution is 2.32. The normalized spacial score (nSPS) is 14.6.